The highest BCUT2D eigenvalue weighted by Gasteiger charge is 2.20. The maximum absolute atomic E-state index is 12.6. The topological polar surface area (TPSA) is 78.3 Å². The fraction of sp³-hybridized carbons (Fsp3) is 0.136. The Morgan fingerprint density at radius 2 is 1.90 bits per heavy atom. The maximum atomic E-state index is 12.6. The highest BCUT2D eigenvalue weighted by Crippen LogP contribution is 2.23. The van der Waals surface area contributed by atoms with Crippen LogP contribution in [0.5, 0.6) is 5.75 Å². The van der Waals surface area contributed by atoms with Crippen LogP contribution in [0.4, 0.5) is 10.8 Å². The lowest BCUT2D eigenvalue weighted by Gasteiger charge is -2.03. The molecule has 0 fully saturated rings. The third-order valence-corrected chi connectivity index (χ3v) is 5.13. The van der Waals surface area contributed by atoms with Crippen molar-refractivity contribution in [3.8, 4) is 11.4 Å². The minimum atomic E-state index is -0.567. The van der Waals surface area contributed by atoms with Crippen LogP contribution in [0.15, 0.2) is 66.2 Å². The molecule has 152 valence electrons. The van der Waals surface area contributed by atoms with Gasteiger partial charge in [0.1, 0.15) is 6.61 Å². The molecule has 2 aromatic heterocycles. The summed E-state index contributed by atoms with van der Waals surface area (Å²) in [6, 6.07) is 17.5. The summed E-state index contributed by atoms with van der Waals surface area (Å²) in [5.41, 5.74) is 3.74. The van der Waals surface area contributed by atoms with Crippen molar-refractivity contribution in [3.63, 3.8) is 0 Å². The first-order valence-electron chi connectivity index (χ1n) is 9.26. The number of carbonyl (C=O) groups excluding carboxylic acids is 1. The zero-order valence-electron chi connectivity index (χ0n) is 16.5. The summed E-state index contributed by atoms with van der Waals surface area (Å²) in [4.78, 5) is 17.0. The number of para-hydroxylation sites is 1. The van der Waals surface area contributed by atoms with E-state index in [1.807, 2.05) is 66.9 Å². The molecule has 30 heavy (non-hydrogen) atoms. The van der Waals surface area contributed by atoms with Gasteiger partial charge in [0.05, 0.1) is 24.7 Å². The van der Waals surface area contributed by atoms with Crippen molar-refractivity contribution in [1.29, 1.82) is 0 Å². The van der Waals surface area contributed by atoms with Crippen LogP contribution in [-0.2, 0) is 11.3 Å². The van der Waals surface area contributed by atoms with Crippen LogP contribution in [0.25, 0.3) is 5.69 Å². The third kappa shape index (κ3) is 4.49. The van der Waals surface area contributed by atoms with Crippen molar-refractivity contribution in [2.45, 2.75) is 13.5 Å². The van der Waals surface area contributed by atoms with Crippen LogP contribution in [0.3, 0.4) is 0 Å². The average Bonchev–Trinajstić information content (AvgIpc) is 3.41. The van der Waals surface area contributed by atoms with Gasteiger partial charge in [0.2, 0.25) is 5.69 Å². The van der Waals surface area contributed by atoms with E-state index in [9.17, 15) is 4.79 Å². The second-order valence-electron chi connectivity index (χ2n) is 6.54. The molecule has 0 bridgehead atoms. The summed E-state index contributed by atoms with van der Waals surface area (Å²) in [6.45, 7) is 2.09. The van der Waals surface area contributed by atoms with E-state index in [1.54, 1.807) is 10.9 Å². The molecule has 7 nitrogen and oxygen atoms in total. The zero-order chi connectivity index (χ0) is 20.9. The molecule has 1 N–H and O–H groups in total. The molecule has 0 saturated carbocycles. The van der Waals surface area contributed by atoms with Crippen LogP contribution in [0.2, 0.25) is 0 Å². The van der Waals surface area contributed by atoms with Crippen molar-refractivity contribution < 1.29 is 14.3 Å². The van der Waals surface area contributed by atoms with E-state index in [1.165, 1.54) is 24.0 Å². The predicted molar refractivity (Wildman–Crippen MR) is 116 cm³/mol. The SMILES string of the molecule is COc1cn(-c2ccccc2)nc1C(=O)OCc1csc(Nc2ccc(C)cc2)n1. The lowest BCUT2D eigenvalue weighted by atomic mass is 10.2. The van der Waals surface area contributed by atoms with E-state index in [4.69, 9.17) is 9.47 Å². The van der Waals surface area contributed by atoms with E-state index in [2.05, 4.69) is 15.4 Å². The summed E-state index contributed by atoms with van der Waals surface area (Å²) >= 11 is 1.45. The van der Waals surface area contributed by atoms with Gasteiger partial charge in [0.25, 0.3) is 0 Å². The highest BCUT2D eigenvalue weighted by atomic mass is 32.1. The Balaban J connectivity index is 1.41. The normalized spacial score (nSPS) is 10.6. The number of nitrogens with one attached hydrogen (secondary N) is 1. The van der Waals surface area contributed by atoms with Crippen molar-refractivity contribution >= 4 is 28.1 Å². The number of ether oxygens (including phenoxy) is 2. The Labute approximate surface area is 177 Å². The molecule has 4 aromatic rings. The summed E-state index contributed by atoms with van der Waals surface area (Å²) < 4.78 is 12.3. The van der Waals surface area contributed by atoms with Gasteiger partial charge in [0, 0.05) is 11.1 Å². The first-order valence-corrected chi connectivity index (χ1v) is 10.1. The van der Waals surface area contributed by atoms with E-state index in [0.717, 1.165) is 16.5 Å². The van der Waals surface area contributed by atoms with Crippen molar-refractivity contribution in [1.82, 2.24) is 14.8 Å². The molecule has 0 unspecified atom stereocenters. The minimum absolute atomic E-state index is 0.0479. The summed E-state index contributed by atoms with van der Waals surface area (Å²) in [5, 5.41) is 10.1. The van der Waals surface area contributed by atoms with Crippen LogP contribution in [-0.4, -0.2) is 27.8 Å². The first-order chi connectivity index (χ1) is 14.6. The number of aryl methyl sites for hydroxylation is 1. The Hall–Kier alpha value is -3.65. The predicted octanol–water partition coefficient (Wildman–Crippen LogP) is 4.75. The van der Waals surface area contributed by atoms with Gasteiger partial charge in [-0.2, -0.15) is 5.10 Å². The molecule has 0 saturated heterocycles. The number of thiazole rings is 1. The van der Waals surface area contributed by atoms with Gasteiger partial charge in [-0.3, -0.25) is 0 Å². The van der Waals surface area contributed by atoms with Gasteiger partial charge >= 0.3 is 5.97 Å². The molecule has 4 rings (SSSR count). The lowest BCUT2D eigenvalue weighted by Crippen LogP contribution is -2.08. The number of hydrogen-bond acceptors (Lipinski definition) is 7. The number of aromatic nitrogens is 3. The molecule has 0 radical (unpaired) electrons. The molecule has 0 spiro atoms. The van der Waals surface area contributed by atoms with E-state index >= 15 is 0 Å². The summed E-state index contributed by atoms with van der Waals surface area (Å²) in [7, 11) is 1.49. The zero-order valence-corrected chi connectivity index (χ0v) is 17.3. The number of benzene rings is 2. The molecule has 0 atom stereocenters. The van der Waals surface area contributed by atoms with Gasteiger partial charge < -0.3 is 14.8 Å². The molecule has 2 heterocycles. The quantitative estimate of drug-likeness (QED) is 0.435. The monoisotopic (exact) mass is 420 g/mol. The molecule has 2 aromatic carbocycles. The highest BCUT2D eigenvalue weighted by molar-refractivity contribution is 7.13. The number of rotatable bonds is 7. The number of nitrogens with zero attached hydrogens (tertiary/aromatic N) is 3. The lowest BCUT2D eigenvalue weighted by molar-refractivity contribution is 0.0457. The van der Waals surface area contributed by atoms with E-state index in [0.29, 0.717) is 11.4 Å². The van der Waals surface area contributed by atoms with Crippen molar-refractivity contribution in [2.24, 2.45) is 0 Å². The van der Waals surface area contributed by atoms with Gasteiger partial charge in [-0.15, -0.1) is 11.3 Å². The molecule has 0 amide bonds. The number of carbonyl (C=O) groups is 1. The molecule has 0 aliphatic carbocycles. The maximum Gasteiger partial charge on any atom is 0.363 e. The van der Waals surface area contributed by atoms with E-state index in [-0.39, 0.29) is 12.3 Å². The second-order valence-corrected chi connectivity index (χ2v) is 7.40. The fourth-order valence-electron chi connectivity index (χ4n) is 2.76. The standard InChI is InChI=1S/C22H20N4O3S/c1-15-8-10-16(11-9-15)23-22-24-17(14-30-22)13-29-21(27)20-19(28-2)12-26(25-20)18-6-4-3-5-7-18/h3-12,14H,13H2,1-2H3,(H,23,24). The Morgan fingerprint density at radius 1 is 1.13 bits per heavy atom. The molecule has 8 heteroatoms. The number of esters is 1. The van der Waals surface area contributed by atoms with Crippen LogP contribution in [0.1, 0.15) is 21.7 Å². The number of methoxy groups -OCH3 is 1. The van der Waals surface area contributed by atoms with Crippen molar-refractivity contribution in [3.05, 3.63) is 83.1 Å². The first kappa shape index (κ1) is 19.7. The summed E-state index contributed by atoms with van der Waals surface area (Å²) in [5.74, 6) is -0.216. The van der Waals surface area contributed by atoms with Gasteiger partial charge in [0.15, 0.2) is 10.9 Å². The Morgan fingerprint density at radius 3 is 2.63 bits per heavy atom. The molecular formula is C22H20N4O3S. The largest absolute Gasteiger partial charge is 0.493 e. The molecule has 0 aliphatic rings. The number of anilines is 2. The number of hydrogen-bond donors (Lipinski definition) is 1. The Kier molecular flexibility index (Phi) is 5.76. The van der Waals surface area contributed by atoms with E-state index < -0.39 is 5.97 Å². The van der Waals surface area contributed by atoms with Crippen molar-refractivity contribution in [2.75, 3.05) is 12.4 Å². The smallest absolute Gasteiger partial charge is 0.363 e. The van der Waals surface area contributed by atoms with Crippen LogP contribution < -0.4 is 10.1 Å². The van der Waals surface area contributed by atoms with Gasteiger partial charge in [-0.1, -0.05) is 35.9 Å². The Bertz CT molecular complexity index is 1140. The average molecular weight is 420 g/mol. The van der Waals surface area contributed by atoms with Crippen LogP contribution in [0, 0.1) is 6.92 Å². The fourth-order valence-corrected chi connectivity index (χ4v) is 3.48. The third-order valence-electron chi connectivity index (χ3n) is 4.32. The molecule has 0 aliphatic heterocycles. The van der Waals surface area contributed by atoms with Gasteiger partial charge in [-0.05, 0) is 31.2 Å². The van der Waals surface area contributed by atoms with Crippen LogP contribution >= 0.6 is 11.3 Å². The summed E-state index contributed by atoms with van der Waals surface area (Å²) in [6.07, 6.45) is 1.65. The molecular weight excluding hydrogens is 400 g/mol. The minimum Gasteiger partial charge on any atom is -0.493 e. The van der Waals surface area contributed by atoms with Gasteiger partial charge in [-0.25, -0.2) is 14.5 Å². The second kappa shape index (κ2) is 8.79.